The van der Waals surface area contributed by atoms with Crippen molar-refractivity contribution in [3.63, 3.8) is 0 Å². The summed E-state index contributed by atoms with van der Waals surface area (Å²) in [5, 5.41) is 0.975. The van der Waals surface area contributed by atoms with Gasteiger partial charge in [0.25, 0.3) is 5.91 Å². The summed E-state index contributed by atoms with van der Waals surface area (Å²) in [6.45, 7) is 1.99. The molecule has 0 bridgehead atoms. The Balaban J connectivity index is 1.75. The summed E-state index contributed by atoms with van der Waals surface area (Å²) in [5.74, 6) is -0.123. The van der Waals surface area contributed by atoms with Crippen LogP contribution in [0.4, 0.5) is 0 Å². The van der Waals surface area contributed by atoms with Crippen molar-refractivity contribution < 1.29 is 19.1 Å². The zero-order chi connectivity index (χ0) is 22.7. The zero-order valence-electron chi connectivity index (χ0n) is 17.8. The van der Waals surface area contributed by atoms with E-state index in [0.29, 0.717) is 38.5 Å². The SMILES string of the molecule is COc1ccc2c(c1Cl)c(CC(=O)OCc1ccccc1)c(C)n2C(=O)c1ccccc1. The third-order valence-corrected chi connectivity index (χ3v) is 5.78. The first-order valence-corrected chi connectivity index (χ1v) is 10.5. The molecule has 0 atom stereocenters. The number of nitrogens with zero attached hydrogens (tertiary/aromatic N) is 1. The molecule has 0 amide bonds. The summed E-state index contributed by atoms with van der Waals surface area (Å²) < 4.78 is 12.4. The third kappa shape index (κ3) is 4.12. The fraction of sp³-hybridized carbons (Fsp3) is 0.154. The highest BCUT2D eigenvalue weighted by atomic mass is 35.5. The van der Waals surface area contributed by atoms with E-state index in [4.69, 9.17) is 21.1 Å². The van der Waals surface area contributed by atoms with E-state index in [1.807, 2.05) is 55.5 Å². The lowest BCUT2D eigenvalue weighted by Crippen LogP contribution is -2.14. The van der Waals surface area contributed by atoms with Gasteiger partial charge in [-0.05, 0) is 42.3 Å². The molecular formula is C26H22ClNO4. The van der Waals surface area contributed by atoms with Crippen molar-refractivity contribution in [1.82, 2.24) is 4.57 Å². The normalized spacial score (nSPS) is 10.8. The predicted octanol–water partition coefficient (Wildman–Crippen LogP) is 5.59. The molecule has 0 spiro atoms. The molecule has 5 nitrogen and oxygen atoms in total. The summed E-state index contributed by atoms with van der Waals surface area (Å²) in [6, 6.07) is 22.0. The van der Waals surface area contributed by atoms with Crippen LogP contribution < -0.4 is 4.74 Å². The van der Waals surface area contributed by atoms with Gasteiger partial charge in [-0.3, -0.25) is 14.2 Å². The van der Waals surface area contributed by atoms with Crippen LogP contribution in [-0.2, 0) is 22.6 Å². The molecule has 6 heteroatoms. The van der Waals surface area contributed by atoms with E-state index < -0.39 is 5.97 Å². The summed E-state index contributed by atoms with van der Waals surface area (Å²) >= 11 is 6.64. The van der Waals surface area contributed by atoms with Crippen LogP contribution in [0.1, 0.15) is 27.2 Å². The number of carbonyl (C=O) groups is 2. The topological polar surface area (TPSA) is 57.5 Å². The minimum absolute atomic E-state index is 0.0167. The molecule has 4 aromatic rings. The quantitative estimate of drug-likeness (QED) is 0.362. The van der Waals surface area contributed by atoms with E-state index >= 15 is 0 Å². The number of halogens is 1. The van der Waals surface area contributed by atoms with Gasteiger partial charge in [-0.2, -0.15) is 0 Å². The summed E-state index contributed by atoms with van der Waals surface area (Å²) in [7, 11) is 1.53. The first-order chi connectivity index (χ1) is 15.5. The molecule has 0 saturated heterocycles. The highest BCUT2D eigenvalue weighted by molar-refractivity contribution is 6.37. The van der Waals surface area contributed by atoms with Gasteiger partial charge in [-0.1, -0.05) is 60.1 Å². The number of hydrogen-bond donors (Lipinski definition) is 0. The smallest absolute Gasteiger partial charge is 0.310 e. The van der Waals surface area contributed by atoms with Crippen molar-refractivity contribution in [2.75, 3.05) is 7.11 Å². The molecule has 0 radical (unpaired) electrons. The second-order valence-electron chi connectivity index (χ2n) is 7.37. The molecule has 0 fully saturated rings. The van der Waals surface area contributed by atoms with Crippen molar-refractivity contribution in [3.8, 4) is 5.75 Å². The third-order valence-electron chi connectivity index (χ3n) is 5.41. The van der Waals surface area contributed by atoms with Gasteiger partial charge in [0.05, 0.1) is 24.1 Å². The Bertz CT molecular complexity index is 1280. The van der Waals surface area contributed by atoms with Crippen LogP contribution in [0.2, 0.25) is 5.02 Å². The van der Waals surface area contributed by atoms with Crippen molar-refractivity contribution in [1.29, 1.82) is 0 Å². The Morgan fingerprint density at radius 1 is 0.938 bits per heavy atom. The molecule has 0 aliphatic rings. The van der Waals surface area contributed by atoms with Crippen molar-refractivity contribution >= 4 is 34.4 Å². The van der Waals surface area contributed by atoms with E-state index in [9.17, 15) is 9.59 Å². The van der Waals surface area contributed by atoms with Gasteiger partial charge in [0.1, 0.15) is 12.4 Å². The van der Waals surface area contributed by atoms with Crippen molar-refractivity contribution in [2.45, 2.75) is 20.0 Å². The first-order valence-electron chi connectivity index (χ1n) is 10.2. The van der Waals surface area contributed by atoms with Gasteiger partial charge in [-0.25, -0.2) is 0 Å². The van der Waals surface area contributed by atoms with Crippen LogP contribution >= 0.6 is 11.6 Å². The molecule has 1 aromatic heterocycles. The number of hydrogen-bond acceptors (Lipinski definition) is 4. The van der Waals surface area contributed by atoms with E-state index in [0.717, 1.165) is 5.56 Å². The number of fused-ring (bicyclic) bond motifs is 1. The van der Waals surface area contributed by atoms with Gasteiger partial charge in [-0.15, -0.1) is 0 Å². The lowest BCUT2D eigenvalue weighted by Gasteiger charge is -2.08. The number of aromatic nitrogens is 1. The maximum absolute atomic E-state index is 13.3. The van der Waals surface area contributed by atoms with Crippen molar-refractivity contribution in [3.05, 3.63) is 100 Å². The van der Waals surface area contributed by atoms with Gasteiger partial charge in [0, 0.05) is 16.6 Å². The molecule has 0 saturated carbocycles. The van der Waals surface area contributed by atoms with Gasteiger partial charge in [0.2, 0.25) is 0 Å². The van der Waals surface area contributed by atoms with Crippen LogP contribution in [0.5, 0.6) is 5.75 Å². The molecule has 0 aliphatic heterocycles. The minimum atomic E-state index is -0.401. The number of carbonyl (C=O) groups excluding carboxylic acids is 2. The van der Waals surface area contributed by atoms with Crippen LogP contribution in [0, 0.1) is 6.92 Å². The lowest BCUT2D eigenvalue weighted by molar-refractivity contribution is -0.144. The molecule has 3 aromatic carbocycles. The molecule has 0 N–H and O–H groups in total. The Morgan fingerprint density at radius 2 is 1.59 bits per heavy atom. The number of rotatable bonds is 6. The number of benzene rings is 3. The maximum Gasteiger partial charge on any atom is 0.310 e. The Kier molecular flexibility index (Phi) is 6.28. The first kappa shape index (κ1) is 21.7. The van der Waals surface area contributed by atoms with Crippen LogP contribution in [0.15, 0.2) is 72.8 Å². The Hall–Kier alpha value is -3.57. The monoisotopic (exact) mass is 447 g/mol. The summed E-state index contributed by atoms with van der Waals surface area (Å²) in [5.41, 5.74) is 3.34. The van der Waals surface area contributed by atoms with Crippen LogP contribution in [-0.4, -0.2) is 23.6 Å². The molecule has 162 valence electrons. The summed E-state index contributed by atoms with van der Waals surface area (Å²) in [4.78, 5) is 26.0. The van der Waals surface area contributed by atoms with E-state index in [-0.39, 0.29) is 18.9 Å². The van der Waals surface area contributed by atoms with Gasteiger partial charge in [0.15, 0.2) is 0 Å². The average molecular weight is 448 g/mol. The number of methoxy groups -OCH3 is 1. The Morgan fingerprint density at radius 3 is 2.25 bits per heavy atom. The van der Waals surface area contributed by atoms with Crippen LogP contribution in [0.25, 0.3) is 10.9 Å². The van der Waals surface area contributed by atoms with Crippen molar-refractivity contribution in [2.24, 2.45) is 0 Å². The zero-order valence-corrected chi connectivity index (χ0v) is 18.6. The number of ether oxygens (including phenoxy) is 2. The maximum atomic E-state index is 13.3. The second-order valence-corrected chi connectivity index (χ2v) is 7.75. The van der Waals surface area contributed by atoms with E-state index in [2.05, 4.69) is 0 Å². The van der Waals surface area contributed by atoms with Crippen LogP contribution in [0.3, 0.4) is 0 Å². The predicted molar refractivity (Wildman–Crippen MR) is 124 cm³/mol. The van der Waals surface area contributed by atoms with Gasteiger partial charge >= 0.3 is 5.97 Å². The standard InChI is InChI=1S/C26H22ClNO4/c1-17-20(15-23(29)32-16-18-9-5-3-6-10-18)24-21(13-14-22(31-2)25(24)27)28(17)26(30)19-11-7-4-8-12-19/h3-14H,15-16H2,1-2H3. The molecule has 32 heavy (non-hydrogen) atoms. The largest absolute Gasteiger partial charge is 0.495 e. The molecular weight excluding hydrogens is 426 g/mol. The van der Waals surface area contributed by atoms with E-state index in [1.165, 1.54) is 7.11 Å². The molecule has 0 unspecified atom stereocenters. The molecule has 0 aliphatic carbocycles. The average Bonchev–Trinajstić information content (AvgIpc) is 3.10. The Labute approximate surface area is 191 Å². The van der Waals surface area contributed by atoms with E-state index in [1.54, 1.807) is 28.8 Å². The fourth-order valence-corrected chi connectivity index (χ4v) is 4.15. The lowest BCUT2D eigenvalue weighted by atomic mass is 10.1. The number of esters is 1. The molecule has 1 heterocycles. The van der Waals surface area contributed by atoms with Gasteiger partial charge < -0.3 is 9.47 Å². The highest BCUT2D eigenvalue weighted by Gasteiger charge is 2.25. The second kappa shape index (κ2) is 9.28. The fourth-order valence-electron chi connectivity index (χ4n) is 3.80. The highest BCUT2D eigenvalue weighted by Crippen LogP contribution is 2.38. The minimum Gasteiger partial charge on any atom is -0.495 e. The molecule has 4 rings (SSSR count). The summed E-state index contributed by atoms with van der Waals surface area (Å²) in [6.07, 6.45) is -0.0167.